The zero-order valence-corrected chi connectivity index (χ0v) is 10.0. The van der Waals surface area contributed by atoms with Crippen LogP contribution >= 0.6 is 46.8 Å². The van der Waals surface area contributed by atoms with Gasteiger partial charge in [-0.1, -0.05) is 21.6 Å². The third kappa shape index (κ3) is 7.94. The Morgan fingerprint density at radius 2 is 1.25 bits per heavy atom. The minimum absolute atomic E-state index is 0.348. The molecule has 0 aliphatic carbocycles. The Kier molecular flexibility index (Phi) is 9.88. The molecule has 0 aliphatic rings. The Hall–Kier alpha value is 1.32. The first-order chi connectivity index (χ1) is 5.70. The van der Waals surface area contributed by atoms with E-state index in [9.17, 15) is 0 Å². The molecule has 74 valence electrons. The lowest BCUT2D eigenvalue weighted by Crippen LogP contribution is -2.12. The van der Waals surface area contributed by atoms with Crippen LogP contribution in [0.15, 0.2) is 0 Å². The second-order valence-corrected chi connectivity index (χ2v) is 5.52. The van der Waals surface area contributed by atoms with E-state index in [1.807, 2.05) is 0 Å². The average Bonchev–Trinajstić information content (AvgIpc) is 2.11. The number of aliphatic hydroxyl groups is 2. The summed E-state index contributed by atoms with van der Waals surface area (Å²) in [5, 5.41) is 18.2. The minimum Gasteiger partial charge on any atom is -0.391 e. The molecule has 2 unspecified atom stereocenters. The van der Waals surface area contributed by atoms with Crippen molar-refractivity contribution < 1.29 is 10.2 Å². The van der Waals surface area contributed by atoms with Gasteiger partial charge in [-0.05, 0) is 0 Å². The van der Waals surface area contributed by atoms with Crippen molar-refractivity contribution in [2.24, 2.45) is 0 Å². The lowest BCUT2D eigenvalue weighted by atomic mass is 10.5. The van der Waals surface area contributed by atoms with Crippen LogP contribution in [-0.4, -0.2) is 45.4 Å². The third-order valence-corrected chi connectivity index (χ3v) is 4.39. The van der Waals surface area contributed by atoms with Gasteiger partial charge in [0.1, 0.15) is 0 Å². The van der Waals surface area contributed by atoms with Crippen LogP contribution in [0, 0.1) is 0 Å². The molecule has 0 aromatic carbocycles. The van der Waals surface area contributed by atoms with Gasteiger partial charge >= 0.3 is 0 Å². The largest absolute Gasteiger partial charge is 0.391 e. The number of hydrogen-bond donors (Lipinski definition) is 4. The van der Waals surface area contributed by atoms with Gasteiger partial charge in [0, 0.05) is 23.0 Å². The van der Waals surface area contributed by atoms with Gasteiger partial charge in [-0.3, -0.25) is 0 Å². The first kappa shape index (κ1) is 13.3. The molecule has 0 aromatic heterocycles. The van der Waals surface area contributed by atoms with Gasteiger partial charge in [0.25, 0.3) is 0 Å². The van der Waals surface area contributed by atoms with Crippen LogP contribution in [-0.2, 0) is 0 Å². The summed E-state index contributed by atoms with van der Waals surface area (Å²) >= 11 is 7.88. The summed E-state index contributed by atoms with van der Waals surface area (Å²) in [5.74, 6) is 2.30. The molecule has 0 saturated carbocycles. The normalized spacial score (nSPS) is 16.0. The molecule has 12 heavy (non-hydrogen) atoms. The molecule has 0 saturated heterocycles. The maximum atomic E-state index is 9.09. The fourth-order valence-electron chi connectivity index (χ4n) is 0.359. The molecule has 0 aromatic rings. The van der Waals surface area contributed by atoms with Crippen molar-refractivity contribution in [2.45, 2.75) is 12.2 Å². The summed E-state index contributed by atoms with van der Waals surface area (Å²) in [6, 6.07) is 0. The minimum atomic E-state index is -0.348. The van der Waals surface area contributed by atoms with Crippen LogP contribution < -0.4 is 0 Å². The number of rotatable bonds is 7. The predicted octanol–water partition coefficient (Wildman–Crippen LogP) is 0.949. The summed E-state index contributed by atoms with van der Waals surface area (Å²) in [6.07, 6.45) is -0.696. The van der Waals surface area contributed by atoms with Gasteiger partial charge in [-0.25, -0.2) is 0 Å². The molecule has 2 N–H and O–H groups in total. The first-order valence-corrected chi connectivity index (χ1v) is 7.28. The average molecular weight is 246 g/mol. The van der Waals surface area contributed by atoms with Crippen LogP contribution in [0.25, 0.3) is 0 Å². The van der Waals surface area contributed by atoms with Gasteiger partial charge in [-0.2, -0.15) is 25.3 Å². The Morgan fingerprint density at radius 3 is 1.50 bits per heavy atom. The molecule has 2 nitrogen and oxygen atoms in total. The third-order valence-electron chi connectivity index (χ3n) is 1.03. The summed E-state index contributed by atoms with van der Waals surface area (Å²) < 4.78 is 0. The predicted molar refractivity (Wildman–Crippen MR) is 64.6 cm³/mol. The van der Waals surface area contributed by atoms with Gasteiger partial charge in [0.2, 0.25) is 0 Å². The van der Waals surface area contributed by atoms with E-state index in [1.165, 1.54) is 0 Å². The lowest BCUT2D eigenvalue weighted by molar-refractivity contribution is 0.224. The Balaban J connectivity index is 3.10. The summed E-state index contributed by atoms with van der Waals surface area (Å²) in [6.45, 7) is 0. The van der Waals surface area contributed by atoms with Crippen molar-refractivity contribution in [1.29, 1.82) is 0 Å². The van der Waals surface area contributed by atoms with E-state index in [0.29, 0.717) is 23.0 Å². The lowest BCUT2D eigenvalue weighted by Gasteiger charge is -2.07. The quantitative estimate of drug-likeness (QED) is 0.307. The smallest absolute Gasteiger partial charge is 0.0726 e. The summed E-state index contributed by atoms with van der Waals surface area (Å²) in [7, 11) is 3.11. The molecule has 0 fully saturated rings. The maximum Gasteiger partial charge on any atom is 0.0726 e. The van der Waals surface area contributed by atoms with Gasteiger partial charge < -0.3 is 10.2 Å². The van der Waals surface area contributed by atoms with Gasteiger partial charge in [0.15, 0.2) is 0 Å². The van der Waals surface area contributed by atoms with E-state index in [0.717, 1.165) is 0 Å². The number of hydrogen-bond acceptors (Lipinski definition) is 6. The summed E-state index contributed by atoms with van der Waals surface area (Å²) in [5.41, 5.74) is 0. The highest BCUT2D eigenvalue weighted by Crippen LogP contribution is 2.23. The number of thiol groups is 2. The highest BCUT2D eigenvalue weighted by molar-refractivity contribution is 8.76. The molecular weight excluding hydrogens is 232 g/mol. The van der Waals surface area contributed by atoms with Crippen molar-refractivity contribution in [2.75, 3.05) is 23.0 Å². The zero-order chi connectivity index (χ0) is 9.40. The summed E-state index contributed by atoms with van der Waals surface area (Å²) in [4.78, 5) is 0. The highest BCUT2D eigenvalue weighted by Gasteiger charge is 2.04. The molecule has 0 spiro atoms. The van der Waals surface area contributed by atoms with Crippen molar-refractivity contribution in [1.82, 2.24) is 0 Å². The van der Waals surface area contributed by atoms with Crippen LogP contribution in [0.3, 0.4) is 0 Å². The van der Waals surface area contributed by atoms with E-state index in [1.54, 1.807) is 21.6 Å². The molecule has 0 bridgehead atoms. The van der Waals surface area contributed by atoms with Crippen molar-refractivity contribution in [3.8, 4) is 0 Å². The molecule has 2 atom stereocenters. The molecule has 0 amide bonds. The van der Waals surface area contributed by atoms with E-state index in [4.69, 9.17) is 10.2 Å². The Morgan fingerprint density at radius 1 is 0.917 bits per heavy atom. The van der Waals surface area contributed by atoms with E-state index < -0.39 is 0 Å². The fraction of sp³-hybridized carbons (Fsp3) is 1.00. The van der Waals surface area contributed by atoms with E-state index in [-0.39, 0.29) is 12.2 Å². The van der Waals surface area contributed by atoms with Crippen LogP contribution in [0.2, 0.25) is 0 Å². The standard InChI is InChI=1S/C6H14O2S4/c7-5(1-9)3-11-12-4-6(8)2-10/h5-10H,1-4H2. The van der Waals surface area contributed by atoms with Crippen LogP contribution in [0.1, 0.15) is 0 Å². The molecular formula is C6H14O2S4. The first-order valence-electron chi connectivity index (χ1n) is 3.53. The molecule has 0 rings (SSSR count). The van der Waals surface area contributed by atoms with Crippen LogP contribution in [0.4, 0.5) is 0 Å². The Bertz CT molecular complexity index is 91.5. The SMILES string of the molecule is OC(CS)CSSCC(O)CS. The molecule has 0 heterocycles. The maximum absolute atomic E-state index is 9.09. The number of aliphatic hydroxyl groups excluding tert-OH is 2. The Labute approximate surface area is 92.1 Å². The highest BCUT2D eigenvalue weighted by atomic mass is 33.1. The van der Waals surface area contributed by atoms with E-state index in [2.05, 4.69) is 25.3 Å². The van der Waals surface area contributed by atoms with Crippen molar-refractivity contribution >= 4 is 46.8 Å². The topological polar surface area (TPSA) is 40.5 Å². The second-order valence-electron chi connectivity index (χ2n) is 2.24. The monoisotopic (exact) mass is 246 g/mol. The second kappa shape index (κ2) is 8.90. The zero-order valence-electron chi connectivity index (χ0n) is 6.59. The molecule has 6 heteroatoms. The molecule has 0 aliphatic heterocycles. The fourth-order valence-corrected chi connectivity index (χ4v) is 3.23. The van der Waals surface area contributed by atoms with Gasteiger partial charge in [0.05, 0.1) is 12.2 Å². The van der Waals surface area contributed by atoms with Crippen molar-refractivity contribution in [3.05, 3.63) is 0 Å². The van der Waals surface area contributed by atoms with E-state index >= 15 is 0 Å². The van der Waals surface area contributed by atoms with Crippen molar-refractivity contribution in [3.63, 3.8) is 0 Å². The molecule has 0 radical (unpaired) electrons. The van der Waals surface area contributed by atoms with Gasteiger partial charge in [-0.15, -0.1) is 0 Å². The van der Waals surface area contributed by atoms with Crippen LogP contribution in [0.5, 0.6) is 0 Å².